The molecule has 3 heterocycles. The first-order valence-electron chi connectivity index (χ1n) is 8.21. The maximum absolute atomic E-state index is 12.4. The average Bonchev–Trinajstić information content (AvgIpc) is 3.17. The number of carbonyl (C=O) groups is 1. The predicted molar refractivity (Wildman–Crippen MR) is 86.7 cm³/mol. The third-order valence-corrected chi connectivity index (χ3v) is 4.56. The van der Waals surface area contributed by atoms with E-state index < -0.39 is 0 Å². The molecule has 1 aromatic rings. The number of nitrogens with zero attached hydrogens (tertiary/aromatic N) is 3. The first kappa shape index (κ1) is 16.0. The third kappa shape index (κ3) is 3.72. The summed E-state index contributed by atoms with van der Waals surface area (Å²) in [5.74, 6) is 0.832. The fourth-order valence-electron chi connectivity index (χ4n) is 3.24. The Labute approximate surface area is 135 Å². The molecule has 7 heteroatoms. The molecule has 0 spiro atoms. The Morgan fingerprint density at radius 3 is 3.00 bits per heavy atom. The van der Waals surface area contributed by atoms with Crippen LogP contribution in [-0.4, -0.2) is 60.7 Å². The maximum atomic E-state index is 12.4. The van der Waals surface area contributed by atoms with Crippen molar-refractivity contribution in [3.05, 3.63) is 22.1 Å². The number of likely N-dealkylation sites (tertiary alicyclic amines) is 1. The van der Waals surface area contributed by atoms with Gasteiger partial charge in [-0.1, -0.05) is 0 Å². The van der Waals surface area contributed by atoms with Gasteiger partial charge in [0.1, 0.15) is 0 Å². The minimum atomic E-state index is -0.150. The second-order valence-corrected chi connectivity index (χ2v) is 6.55. The summed E-state index contributed by atoms with van der Waals surface area (Å²) in [6.45, 7) is 2.13. The van der Waals surface area contributed by atoms with Gasteiger partial charge >= 0.3 is 0 Å². The van der Waals surface area contributed by atoms with Crippen molar-refractivity contribution in [2.75, 3.05) is 38.7 Å². The van der Waals surface area contributed by atoms with Crippen LogP contribution in [0.1, 0.15) is 37.3 Å². The highest BCUT2D eigenvalue weighted by molar-refractivity contribution is 5.77. The monoisotopic (exact) mass is 320 g/mol. The molecule has 23 heavy (non-hydrogen) atoms. The van der Waals surface area contributed by atoms with Gasteiger partial charge in [-0.2, -0.15) is 0 Å². The van der Waals surface area contributed by atoms with E-state index in [4.69, 9.17) is 4.74 Å². The Hall–Kier alpha value is -1.89. The molecule has 0 saturated carbocycles. The summed E-state index contributed by atoms with van der Waals surface area (Å²) in [5.41, 5.74) is 0.618. The van der Waals surface area contributed by atoms with Crippen LogP contribution in [0.15, 0.2) is 10.9 Å². The van der Waals surface area contributed by atoms with Crippen LogP contribution in [0, 0.1) is 0 Å². The van der Waals surface area contributed by atoms with Crippen molar-refractivity contribution in [1.82, 2.24) is 14.9 Å². The quantitative estimate of drug-likeness (QED) is 0.884. The molecule has 2 saturated heterocycles. The van der Waals surface area contributed by atoms with Gasteiger partial charge in [0.2, 0.25) is 11.9 Å². The van der Waals surface area contributed by atoms with E-state index in [1.54, 1.807) is 11.0 Å². The molecular formula is C16H24N4O3. The molecule has 0 aromatic carbocycles. The number of hydrogen-bond acceptors (Lipinski definition) is 5. The Bertz CT molecular complexity index is 622. The van der Waals surface area contributed by atoms with Gasteiger partial charge < -0.3 is 14.5 Å². The van der Waals surface area contributed by atoms with Gasteiger partial charge in [-0.15, -0.1) is 0 Å². The summed E-state index contributed by atoms with van der Waals surface area (Å²) in [6, 6.07) is 1.55. The first-order chi connectivity index (χ1) is 11.0. The fraction of sp³-hybridized carbons (Fsp3) is 0.688. The van der Waals surface area contributed by atoms with E-state index in [0.717, 1.165) is 38.1 Å². The van der Waals surface area contributed by atoms with Crippen LogP contribution >= 0.6 is 0 Å². The molecule has 0 unspecified atom stereocenters. The molecule has 7 nitrogen and oxygen atoms in total. The predicted octanol–water partition coefficient (Wildman–Crippen LogP) is 0.721. The largest absolute Gasteiger partial charge is 0.378 e. The Morgan fingerprint density at radius 1 is 1.48 bits per heavy atom. The van der Waals surface area contributed by atoms with Crippen LogP contribution in [0.25, 0.3) is 0 Å². The van der Waals surface area contributed by atoms with Gasteiger partial charge in [0.15, 0.2) is 0 Å². The summed E-state index contributed by atoms with van der Waals surface area (Å²) in [7, 11) is 3.68. The fourth-order valence-corrected chi connectivity index (χ4v) is 3.24. The molecular weight excluding hydrogens is 296 g/mol. The number of rotatable bonds is 4. The average molecular weight is 320 g/mol. The molecule has 0 aliphatic carbocycles. The van der Waals surface area contributed by atoms with Crippen molar-refractivity contribution in [3.8, 4) is 0 Å². The second kappa shape index (κ2) is 6.70. The smallest absolute Gasteiger partial charge is 0.252 e. The van der Waals surface area contributed by atoms with Crippen LogP contribution in [0.5, 0.6) is 0 Å². The number of aromatic amines is 1. The molecule has 2 atom stereocenters. The number of H-pyrrole nitrogens is 1. The zero-order valence-corrected chi connectivity index (χ0v) is 13.7. The summed E-state index contributed by atoms with van der Waals surface area (Å²) in [4.78, 5) is 35.1. The second-order valence-electron chi connectivity index (χ2n) is 6.55. The molecule has 3 rings (SSSR count). The van der Waals surface area contributed by atoms with Crippen molar-refractivity contribution in [2.45, 2.75) is 37.7 Å². The van der Waals surface area contributed by atoms with E-state index in [9.17, 15) is 9.59 Å². The summed E-state index contributed by atoms with van der Waals surface area (Å²) in [6.07, 6.45) is 3.42. The minimum absolute atomic E-state index is 0.0830. The molecule has 1 amide bonds. The molecule has 2 fully saturated rings. The van der Waals surface area contributed by atoms with Gasteiger partial charge in [-0.05, 0) is 19.3 Å². The summed E-state index contributed by atoms with van der Waals surface area (Å²) in [5, 5.41) is 0. The number of anilines is 1. The molecule has 0 radical (unpaired) electrons. The highest BCUT2D eigenvalue weighted by Gasteiger charge is 2.30. The van der Waals surface area contributed by atoms with E-state index in [-0.39, 0.29) is 23.5 Å². The van der Waals surface area contributed by atoms with Crippen molar-refractivity contribution < 1.29 is 9.53 Å². The van der Waals surface area contributed by atoms with Crippen molar-refractivity contribution in [2.24, 2.45) is 0 Å². The van der Waals surface area contributed by atoms with Gasteiger partial charge in [-0.3, -0.25) is 14.6 Å². The number of carbonyl (C=O) groups excluding carboxylic acids is 1. The number of nitrogens with one attached hydrogen (secondary N) is 1. The number of aromatic nitrogens is 2. The van der Waals surface area contributed by atoms with Crippen LogP contribution in [0.2, 0.25) is 0 Å². The van der Waals surface area contributed by atoms with Gasteiger partial charge in [0, 0.05) is 45.8 Å². The zero-order chi connectivity index (χ0) is 16.4. The van der Waals surface area contributed by atoms with Gasteiger partial charge in [0.25, 0.3) is 5.56 Å². The zero-order valence-electron chi connectivity index (χ0n) is 13.7. The molecule has 126 valence electrons. The maximum Gasteiger partial charge on any atom is 0.252 e. The van der Waals surface area contributed by atoms with E-state index in [1.807, 2.05) is 19.0 Å². The van der Waals surface area contributed by atoms with Crippen molar-refractivity contribution in [1.29, 1.82) is 0 Å². The van der Waals surface area contributed by atoms with Crippen LogP contribution in [0.3, 0.4) is 0 Å². The highest BCUT2D eigenvalue weighted by atomic mass is 16.5. The summed E-state index contributed by atoms with van der Waals surface area (Å²) >= 11 is 0. The Kier molecular flexibility index (Phi) is 4.66. The number of amides is 1. The lowest BCUT2D eigenvalue weighted by Crippen LogP contribution is -2.31. The summed E-state index contributed by atoms with van der Waals surface area (Å²) < 4.78 is 5.54. The van der Waals surface area contributed by atoms with Crippen LogP contribution in [-0.2, 0) is 9.53 Å². The molecule has 1 aromatic heterocycles. The lowest BCUT2D eigenvalue weighted by Gasteiger charge is -2.19. The van der Waals surface area contributed by atoms with E-state index in [2.05, 4.69) is 9.97 Å². The molecule has 2 aliphatic heterocycles. The van der Waals surface area contributed by atoms with E-state index in [0.29, 0.717) is 18.9 Å². The van der Waals surface area contributed by atoms with E-state index in [1.165, 1.54) is 0 Å². The van der Waals surface area contributed by atoms with Gasteiger partial charge in [-0.25, -0.2) is 4.98 Å². The number of ether oxygens (including phenoxy) is 1. The standard InChI is InChI=1S/C16H24N4O3/c1-19(2)16-17-13(9-14(21)18-16)11-5-6-20(10-11)15(22)8-12-4-3-7-23-12/h9,11-12H,3-8,10H2,1-2H3,(H,17,18,21)/t11-,12-/m0/s1. The van der Waals surface area contributed by atoms with Crippen molar-refractivity contribution >= 4 is 11.9 Å². The topological polar surface area (TPSA) is 78.5 Å². The number of hydrogen-bond donors (Lipinski definition) is 1. The lowest BCUT2D eigenvalue weighted by atomic mass is 10.0. The highest BCUT2D eigenvalue weighted by Crippen LogP contribution is 2.27. The first-order valence-corrected chi connectivity index (χ1v) is 8.21. The van der Waals surface area contributed by atoms with Crippen molar-refractivity contribution in [3.63, 3.8) is 0 Å². The normalized spacial score (nSPS) is 24.2. The Balaban J connectivity index is 1.65. The molecule has 1 N–H and O–H groups in total. The Morgan fingerprint density at radius 2 is 2.30 bits per heavy atom. The van der Waals surface area contributed by atoms with Gasteiger partial charge in [0.05, 0.1) is 18.2 Å². The lowest BCUT2D eigenvalue weighted by molar-refractivity contribution is -0.132. The third-order valence-electron chi connectivity index (χ3n) is 4.56. The van der Waals surface area contributed by atoms with E-state index >= 15 is 0 Å². The van der Waals surface area contributed by atoms with Crippen LogP contribution < -0.4 is 10.5 Å². The SMILES string of the molecule is CN(C)c1nc([C@H]2CCN(C(=O)C[C@@H]3CCCO3)C2)cc(=O)[nH]1. The molecule has 0 bridgehead atoms. The molecule has 2 aliphatic rings. The minimum Gasteiger partial charge on any atom is -0.378 e. The van der Waals surface area contributed by atoms with Crippen LogP contribution in [0.4, 0.5) is 5.95 Å².